The molecule has 0 amide bonds. The molecule has 3 fully saturated rings. The molecule has 1 saturated heterocycles. The monoisotopic (exact) mass is 401 g/mol. The molecular formula is C23H35N3O3. The van der Waals surface area contributed by atoms with Crippen molar-refractivity contribution in [3.05, 3.63) is 29.8 Å². The largest absolute Gasteiger partial charge is 0.491 e. The highest BCUT2D eigenvalue weighted by molar-refractivity contribution is 5.80. The van der Waals surface area contributed by atoms with Gasteiger partial charge in [-0.2, -0.15) is 0 Å². The van der Waals surface area contributed by atoms with Crippen LogP contribution in [-0.4, -0.2) is 49.0 Å². The predicted octanol–water partition coefficient (Wildman–Crippen LogP) is 3.02. The Labute approximate surface area is 174 Å². The molecule has 6 nitrogen and oxygen atoms in total. The predicted molar refractivity (Wildman–Crippen MR) is 114 cm³/mol. The van der Waals surface area contributed by atoms with Crippen molar-refractivity contribution in [3.63, 3.8) is 0 Å². The summed E-state index contributed by atoms with van der Waals surface area (Å²) >= 11 is 0. The summed E-state index contributed by atoms with van der Waals surface area (Å²) in [6.07, 6.45) is 4.87. The molecule has 4 atom stereocenters. The van der Waals surface area contributed by atoms with E-state index < -0.39 is 6.10 Å². The molecule has 1 heterocycles. The van der Waals surface area contributed by atoms with E-state index in [1.807, 2.05) is 38.1 Å². The van der Waals surface area contributed by atoms with E-state index in [-0.39, 0.29) is 6.10 Å². The second kappa shape index (κ2) is 8.52. The van der Waals surface area contributed by atoms with Gasteiger partial charge >= 0.3 is 0 Å². The minimum Gasteiger partial charge on any atom is -0.491 e. The quantitative estimate of drug-likeness (QED) is 0.484. The molecule has 1 aromatic carbocycles. The number of aliphatic hydroxyl groups excluding tert-OH is 1. The molecule has 4 rings (SSSR count). The topological polar surface area (TPSA) is 75.1 Å². The van der Waals surface area contributed by atoms with Crippen molar-refractivity contribution < 1.29 is 14.6 Å². The van der Waals surface area contributed by atoms with Gasteiger partial charge in [0.05, 0.1) is 24.9 Å². The van der Waals surface area contributed by atoms with Crippen LogP contribution >= 0.6 is 0 Å². The Morgan fingerprint density at radius 1 is 1.31 bits per heavy atom. The summed E-state index contributed by atoms with van der Waals surface area (Å²) in [5.74, 6) is 2.21. The van der Waals surface area contributed by atoms with Crippen molar-refractivity contribution in [2.75, 3.05) is 19.7 Å². The fraction of sp³-hybridized carbons (Fsp3) is 0.696. The first-order valence-electron chi connectivity index (χ1n) is 11.1. The molecule has 160 valence electrons. The van der Waals surface area contributed by atoms with E-state index in [9.17, 15) is 5.11 Å². The van der Waals surface area contributed by atoms with Gasteiger partial charge in [0.2, 0.25) is 0 Å². The van der Waals surface area contributed by atoms with Crippen LogP contribution in [0, 0.1) is 11.3 Å². The maximum Gasteiger partial charge on any atom is 0.191 e. The number of nitrogens with zero attached hydrogens (tertiary/aromatic N) is 1. The highest BCUT2D eigenvalue weighted by Gasteiger charge is 2.66. The van der Waals surface area contributed by atoms with Crippen LogP contribution in [0.25, 0.3) is 0 Å². The van der Waals surface area contributed by atoms with Crippen molar-refractivity contribution in [2.24, 2.45) is 16.3 Å². The Morgan fingerprint density at radius 2 is 2.07 bits per heavy atom. The second-order valence-electron chi connectivity index (χ2n) is 8.92. The number of guanidine groups is 1. The molecule has 0 bridgehead atoms. The summed E-state index contributed by atoms with van der Waals surface area (Å²) < 4.78 is 11.7. The maximum atomic E-state index is 10.6. The Bertz CT molecular complexity index is 715. The third kappa shape index (κ3) is 3.97. The Morgan fingerprint density at radius 3 is 2.69 bits per heavy atom. The zero-order valence-corrected chi connectivity index (χ0v) is 17.9. The van der Waals surface area contributed by atoms with Crippen molar-refractivity contribution in [3.8, 4) is 5.75 Å². The lowest BCUT2D eigenvalue weighted by Gasteiger charge is -2.63. The summed E-state index contributed by atoms with van der Waals surface area (Å²) in [5.41, 5.74) is 1.16. The maximum absolute atomic E-state index is 10.6. The van der Waals surface area contributed by atoms with Crippen LogP contribution in [0.4, 0.5) is 0 Å². The van der Waals surface area contributed by atoms with E-state index in [2.05, 4.69) is 17.6 Å². The summed E-state index contributed by atoms with van der Waals surface area (Å²) in [6, 6.07) is 8.06. The van der Waals surface area contributed by atoms with Gasteiger partial charge in [-0.15, -0.1) is 0 Å². The summed E-state index contributed by atoms with van der Waals surface area (Å²) in [6.45, 7) is 8.09. The van der Waals surface area contributed by atoms with Gasteiger partial charge in [-0.3, -0.25) is 4.99 Å². The molecule has 3 N–H and O–H groups in total. The van der Waals surface area contributed by atoms with Crippen molar-refractivity contribution in [1.82, 2.24) is 10.6 Å². The lowest BCUT2D eigenvalue weighted by Crippen LogP contribution is -2.72. The summed E-state index contributed by atoms with van der Waals surface area (Å²) in [5, 5.41) is 17.6. The highest BCUT2D eigenvalue weighted by atomic mass is 16.5. The standard InChI is InChI=1S/C23H35N3O3/c1-4-24-22(26-20-18-10-13-28-21(18)23(20)11-5-12-23)25-14-19(27)16-6-8-17(9-7-16)29-15(2)3/h6-9,15,18-21,27H,4-5,10-14H2,1-3H3,(H2,24,25,26). The summed E-state index contributed by atoms with van der Waals surface area (Å²) in [4.78, 5) is 4.69. The zero-order chi connectivity index (χ0) is 20.4. The molecule has 1 spiro atoms. The third-order valence-corrected chi connectivity index (χ3v) is 6.73. The number of hydrogen-bond acceptors (Lipinski definition) is 4. The zero-order valence-electron chi connectivity index (χ0n) is 17.9. The molecule has 4 unspecified atom stereocenters. The van der Waals surface area contributed by atoms with E-state index in [4.69, 9.17) is 14.5 Å². The Balaban J connectivity index is 1.38. The van der Waals surface area contributed by atoms with Gasteiger partial charge in [0, 0.05) is 30.5 Å². The lowest BCUT2D eigenvalue weighted by atomic mass is 9.46. The number of hydrogen-bond donors (Lipinski definition) is 3. The fourth-order valence-electron chi connectivity index (χ4n) is 5.25. The number of aliphatic hydroxyl groups is 1. The number of fused-ring (bicyclic) bond motifs is 2. The van der Waals surface area contributed by atoms with E-state index in [0.29, 0.717) is 30.0 Å². The average Bonchev–Trinajstić information content (AvgIpc) is 3.07. The van der Waals surface area contributed by atoms with Crippen LogP contribution in [0.3, 0.4) is 0 Å². The third-order valence-electron chi connectivity index (χ3n) is 6.73. The van der Waals surface area contributed by atoms with Crippen molar-refractivity contribution >= 4 is 5.96 Å². The summed E-state index contributed by atoms with van der Waals surface area (Å²) in [7, 11) is 0. The van der Waals surface area contributed by atoms with Gasteiger partial charge < -0.3 is 25.2 Å². The highest BCUT2D eigenvalue weighted by Crippen LogP contribution is 2.62. The van der Waals surface area contributed by atoms with E-state index in [1.165, 1.54) is 19.3 Å². The van der Waals surface area contributed by atoms with Crippen LogP contribution < -0.4 is 15.4 Å². The van der Waals surface area contributed by atoms with Crippen molar-refractivity contribution in [2.45, 2.75) is 70.8 Å². The van der Waals surface area contributed by atoms with Crippen LogP contribution in [0.5, 0.6) is 5.75 Å². The first-order valence-corrected chi connectivity index (χ1v) is 11.1. The van der Waals surface area contributed by atoms with Gasteiger partial charge in [-0.1, -0.05) is 18.6 Å². The van der Waals surface area contributed by atoms with E-state index >= 15 is 0 Å². The first kappa shape index (κ1) is 20.5. The van der Waals surface area contributed by atoms with Crippen LogP contribution in [0.2, 0.25) is 0 Å². The molecule has 29 heavy (non-hydrogen) atoms. The van der Waals surface area contributed by atoms with Gasteiger partial charge in [0.25, 0.3) is 0 Å². The molecule has 0 radical (unpaired) electrons. The van der Waals surface area contributed by atoms with Gasteiger partial charge in [-0.05, 0) is 57.7 Å². The fourth-order valence-corrected chi connectivity index (χ4v) is 5.25. The molecule has 2 saturated carbocycles. The van der Waals surface area contributed by atoms with Crippen molar-refractivity contribution in [1.29, 1.82) is 0 Å². The van der Waals surface area contributed by atoms with Crippen LogP contribution in [-0.2, 0) is 4.74 Å². The number of benzene rings is 1. The minimum absolute atomic E-state index is 0.138. The number of aliphatic imine (C=N–C) groups is 1. The molecule has 1 aliphatic heterocycles. The van der Waals surface area contributed by atoms with Crippen LogP contribution in [0.1, 0.15) is 58.1 Å². The molecular weight excluding hydrogens is 366 g/mol. The smallest absolute Gasteiger partial charge is 0.191 e. The van der Waals surface area contributed by atoms with Crippen LogP contribution in [0.15, 0.2) is 29.3 Å². The number of ether oxygens (including phenoxy) is 2. The number of nitrogens with one attached hydrogen (secondary N) is 2. The Hall–Kier alpha value is -1.79. The molecule has 1 aromatic rings. The molecule has 6 heteroatoms. The molecule has 0 aromatic heterocycles. The van der Waals surface area contributed by atoms with E-state index in [1.54, 1.807) is 0 Å². The molecule has 2 aliphatic carbocycles. The lowest BCUT2D eigenvalue weighted by molar-refractivity contribution is -0.171. The normalized spacial score (nSPS) is 28.4. The van der Waals surface area contributed by atoms with Gasteiger partial charge in [0.1, 0.15) is 5.75 Å². The van der Waals surface area contributed by atoms with Gasteiger partial charge in [0.15, 0.2) is 5.96 Å². The van der Waals surface area contributed by atoms with Gasteiger partial charge in [-0.25, -0.2) is 0 Å². The van der Waals surface area contributed by atoms with E-state index in [0.717, 1.165) is 36.8 Å². The Kier molecular flexibility index (Phi) is 6.02. The minimum atomic E-state index is -0.639. The molecule has 3 aliphatic rings. The second-order valence-corrected chi connectivity index (χ2v) is 8.92. The average molecular weight is 402 g/mol. The SMILES string of the molecule is CCNC(=NCC(O)c1ccc(OC(C)C)cc1)NC1C2CCOC2C12CCC2. The number of rotatable bonds is 7. The first-order chi connectivity index (χ1) is 14.0.